The average molecular weight is 416 g/mol. The van der Waals surface area contributed by atoms with Gasteiger partial charge in [0, 0.05) is 5.69 Å². The van der Waals surface area contributed by atoms with Gasteiger partial charge in [0.2, 0.25) is 9.84 Å². The predicted molar refractivity (Wildman–Crippen MR) is 86.9 cm³/mol. The maximum atomic E-state index is 12.4. The molecule has 1 N–H and O–H groups in total. The summed E-state index contributed by atoms with van der Waals surface area (Å²) in [6.07, 6.45) is 0. The number of sulfonamides is 1. The van der Waals surface area contributed by atoms with Crippen LogP contribution in [-0.2, 0) is 19.9 Å². The van der Waals surface area contributed by atoms with E-state index >= 15 is 0 Å². The Morgan fingerprint density at radius 2 is 1.38 bits per heavy atom. The van der Waals surface area contributed by atoms with Crippen LogP contribution in [0.2, 0.25) is 10.0 Å². The normalized spacial score (nSPS) is 12.4. The molecule has 0 radical (unpaired) electrons. The van der Waals surface area contributed by atoms with Gasteiger partial charge in [-0.25, -0.2) is 16.8 Å². The van der Waals surface area contributed by atoms with Crippen LogP contribution in [0, 0.1) is 0 Å². The fourth-order valence-electron chi connectivity index (χ4n) is 1.67. The van der Waals surface area contributed by atoms with Gasteiger partial charge in [-0.1, -0.05) is 23.2 Å². The molecular formula is C13H9Cl2F2NO4S2. The van der Waals surface area contributed by atoms with Crippen LogP contribution >= 0.6 is 23.2 Å². The quantitative estimate of drug-likeness (QED) is 0.805. The van der Waals surface area contributed by atoms with Crippen molar-refractivity contribution in [2.45, 2.75) is 15.5 Å². The number of hydrogen-bond donors (Lipinski definition) is 1. The summed E-state index contributed by atoms with van der Waals surface area (Å²) in [7, 11) is -8.75. The Hall–Kier alpha value is -1.42. The zero-order valence-electron chi connectivity index (χ0n) is 11.6. The smallest absolute Gasteiger partial charge is 0.280 e. The first kappa shape index (κ1) is 18.9. The molecule has 0 aliphatic rings. The first-order valence-corrected chi connectivity index (χ1v) is 9.92. The third kappa shape index (κ3) is 3.97. The van der Waals surface area contributed by atoms with Gasteiger partial charge in [0.05, 0.1) is 19.8 Å². The van der Waals surface area contributed by atoms with Crippen molar-refractivity contribution in [1.29, 1.82) is 0 Å². The molecular weight excluding hydrogens is 407 g/mol. The number of alkyl halides is 2. The lowest BCUT2D eigenvalue weighted by Gasteiger charge is -2.10. The van der Waals surface area contributed by atoms with E-state index in [1.54, 1.807) is 0 Å². The molecule has 0 amide bonds. The molecule has 0 atom stereocenters. The molecule has 11 heteroatoms. The second-order valence-electron chi connectivity index (χ2n) is 4.51. The minimum absolute atomic E-state index is 0.00529. The Bertz CT molecular complexity index is 962. The number of anilines is 1. The highest BCUT2D eigenvalue weighted by molar-refractivity contribution is 7.92. The van der Waals surface area contributed by atoms with Crippen molar-refractivity contribution in [1.82, 2.24) is 0 Å². The van der Waals surface area contributed by atoms with Crippen LogP contribution in [-0.4, -0.2) is 22.6 Å². The van der Waals surface area contributed by atoms with E-state index in [2.05, 4.69) is 4.72 Å². The maximum absolute atomic E-state index is 12.4. The van der Waals surface area contributed by atoms with Crippen molar-refractivity contribution in [3.8, 4) is 0 Å². The molecule has 5 nitrogen and oxygen atoms in total. The summed E-state index contributed by atoms with van der Waals surface area (Å²) >= 11 is 11.5. The molecule has 0 bridgehead atoms. The lowest BCUT2D eigenvalue weighted by molar-refractivity contribution is 0.234. The Morgan fingerprint density at radius 3 is 1.88 bits per heavy atom. The van der Waals surface area contributed by atoms with Crippen LogP contribution in [0.3, 0.4) is 0 Å². The molecule has 0 spiro atoms. The molecule has 0 aliphatic heterocycles. The highest BCUT2D eigenvalue weighted by atomic mass is 35.5. The van der Waals surface area contributed by atoms with Crippen molar-refractivity contribution in [3.63, 3.8) is 0 Å². The molecule has 0 saturated carbocycles. The fourth-order valence-corrected chi connectivity index (χ4v) is 3.84. The van der Waals surface area contributed by atoms with Gasteiger partial charge in [-0.3, -0.25) is 4.72 Å². The molecule has 0 saturated heterocycles. The second kappa shape index (κ2) is 6.83. The summed E-state index contributed by atoms with van der Waals surface area (Å²) in [6.45, 7) is 0. The zero-order valence-corrected chi connectivity index (χ0v) is 14.7. The lowest BCUT2D eigenvalue weighted by Crippen LogP contribution is -2.14. The van der Waals surface area contributed by atoms with Crippen molar-refractivity contribution in [3.05, 3.63) is 52.5 Å². The zero-order chi connectivity index (χ0) is 18.1. The van der Waals surface area contributed by atoms with E-state index in [1.807, 2.05) is 0 Å². The number of halogens is 4. The van der Waals surface area contributed by atoms with Crippen molar-refractivity contribution < 1.29 is 25.6 Å². The van der Waals surface area contributed by atoms with E-state index in [-0.39, 0.29) is 20.6 Å². The number of hydrogen-bond acceptors (Lipinski definition) is 4. The molecule has 0 heterocycles. The average Bonchev–Trinajstić information content (AvgIpc) is 2.50. The van der Waals surface area contributed by atoms with Gasteiger partial charge in [-0.05, 0) is 42.5 Å². The van der Waals surface area contributed by atoms with Crippen LogP contribution in [0.1, 0.15) is 0 Å². The number of rotatable bonds is 5. The van der Waals surface area contributed by atoms with E-state index in [0.717, 1.165) is 30.3 Å². The van der Waals surface area contributed by atoms with Gasteiger partial charge >= 0.3 is 5.76 Å². The minimum Gasteiger partial charge on any atom is -0.280 e. The van der Waals surface area contributed by atoms with Gasteiger partial charge in [-0.15, -0.1) is 0 Å². The van der Waals surface area contributed by atoms with Crippen molar-refractivity contribution in [2.24, 2.45) is 0 Å². The molecule has 0 unspecified atom stereocenters. The number of sulfone groups is 1. The summed E-state index contributed by atoms with van der Waals surface area (Å²) < 4.78 is 74.1. The molecule has 0 aromatic heterocycles. The minimum atomic E-state index is -4.74. The largest absolute Gasteiger partial charge is 0.341 e. The van der Waals surface area contributed by atoms with Crippen LogP contribution in [0.25, 0.3) is 0 Å². The standard InChI is InChI=1S/C13H9Cl2F2NO4S2/c14-11-6-5-10(7-12(11)15)24(21,22)18-8-1-3-9(4-2-8)23(19,20)13(16)17/h1-7,13,18H. The highest BCUT2D eigenvalue weighted by Crippen LogP contribution is 2.26. The lowest BCUT2D eigenvalue weighted by atomic mass is 10.3. The monoisotopic (exact) mass is 415 g/mol. The fraction of sp³-hybridized carbons (Fsp3) is 0.0769. The summed E-state index contributed by atoms with van der Waals surface area (Å²) in [4.78, 5) is -0.781. The van der Waals surface area contributed by atoms with E-state index < -0.39 is 30.5 Å². The molecule has 0 fully saturated rings. The Morgan fingerprint density at radius 1 is 0.833 bits per heavy atom. The maximum Gasteiger partial charge on any atom is 0.341 e. The van der Waals surface area contributed by atoms with Gasteiger partial charge in [0.15, 0.2) is 0 Å². The SMILES string of the molecule is O=S(=O)(Nc1ccc(S(=O)(=O)C(F)F)cc1)c1ccc(Cl)c(Cl)c1. The van der Waals surface area contributed by atoms with Crippen LogP contribution < -0.4 is 4.72 Å². The van der Waals surface area contributed by atoms with Gasteiger partial charge in [0.25, 0.3) is 10.0 Å². The first-order chi connectivity index (χ1) is 11.0. The van der Waals surface area contributed by atoms with Gasteiger partial charge < -0.3 is 0 Å². The Labute approximate surface area is 147 Å². The molecule has 0 aliphatic carbocycles. The van der Waals surface area contributed by atoms with Crippen LogP contribution in [0.4, 0.5) is 14.5 Å². The third-order valence-electron chi connectivity index (χ3n) is 2.87. The molecule has 24 heavy (non-hydrogen) atoms. The predicted octanol–water partition coefficient (Wildman–Crippen LogP) is 3.79. The Balaban J connectivity index is 2.29. The molecule has 130 valence electrons. The van der Waals surface area contributed by atoms with Crippen LogP contribution in [0.15, 0.2) is 52.3 Å². The summed E-state index contributed by atoms with van der Waals surface area (Å²) in [6, 6.07) is 7.56. The van der Waals surface area contributed by atoms with Crippen LogP contribution in [0.5, 0.6) is 0 Å². The van der Waals surface area contributed by atoms with Gasteiger partial charge in [-0.2, -0.15) is 8.78 Å². The molecule has 2 rings (SSSR count). The van der Waals surface area contributed by atoms with E-state index in [4.69, 9.17) is 23.2 Å². The summed E-state index contributed by atoms with van der Waals surface area (Å²) in [5, 5.41) is 0.218. The van der Waals surface area contributed by atoms with E-state index in [9.17, 15) is 25.6 Å². The van der Waals surface area contributed by atoms with Crippen molar-refractivity contribution in [2.75, 3.05) is 4.72 Å². The Kier molecular flexibility index (Phi) is 5.38. The summed E-state index contributed by atoms with van der Waals surface area (Å²) in [5.74, 6) is -3.56. The summed E-state index contributed by atoms with van der Waals surface area (Å²) in [5.41, 5.74) is -0.00529. The first-order valence-electron chi connectivity index (χ1n) is 6.14. The second-order valence-corrected chi connectivity index (χ2v) is 8.93. The molecule has 2 aromatic carbocycles. The van der Waals surface area contributed by atoms with E-state index in [0.29, 0.717) is 0 Å². The topological polar surface area (TPSA) is 80.3 Å². The number of nitrogens with one attached hydrogen (secondary N) is 1. The number of benzene rings is 2. The molecule has 2 aromatic rings. The van der Waals surface area contributed by atoms with Crippen molar-refractivity contribution >= 4 is 48.7 Å². The van der Waals surface area contributed by atoms with Gasteiger partial charge in [0.1, 0.15) is 0 Å². The van der Waals surface area contributed by atoms with E-state index in [1.165, 1.54) is 12.1 Å². The third-order valence-corrected chi connectivity index (χ3v) is 6.39. The highest BCUT2D eigenvalue weighted by Gasteiger charge is 2.26.